The number of ether oxygens (including phenoxy) is 2. The average Bonchev–Trinajstić information content (AvgIpc) is 3.49. The van der Waals surface area contributed by atoms with E-state index in [1.54, 1.807) is 12.1 Å². The maximum absolute atomic E-state index is 13.0. The Bertz CT molecular complexity index is 672. The zero-order valence-electron chi connectivity index (χ0n) is 17.2. The van der Waals surface area contributed by atoms with Crippen LogP contribution in [0.25, 0.3) is 0 Å². The van der Waals surface area contributed by atoms with E-state index in [0.717, 1.165) is 42.1 Å². The number of carbonyl (C=O) groups is 2. The fourth-order valence-electron chi connectivity index (χ4n) is 4.00. The van der Waals surface area contributed by atoms with Gasteiger partial charge in [-0.2, -0.15) is 0 Å². The van der Waals surface area contributed by atoms with Crippen molar-refractivity contribution in [3.8, 4) is 0 Å². The lowest BCUT2D eigenvalue weighted by molar-refractivity contribution is -0.131. The van der Waals surface area contributed by atoms with E-state index in [4.69, 9.17) is 9.47 Å². The minimum atomic E-state index is -0.875. The van der Waals surface area contributed by atoms with Gasteiger partial charge in [0.2, 0.25) is 6.10 Å². The third-order valence-corrected chi connectivity index (χ3v) is 6.51. The molecule has 1 saturated heterocycles. The van der Waals surface area contributed by atoms with Crippen molar-refractivity contribution in [1.29, 1.82) is 0 Å². The van der Waals surface area contributed by atoms with Gasteiger partial charge in [0.05, 0.1) is 11.7 Å². The predicted molar refractivity (Wildman–Crippen MR) is 121 cm³/mol. The molecule has 1 N–H and O–H groups in total. The molecule has 1 aliphatic carbocycles. The summed E-state index contributed by atoms with van der Waals surface area (Å²) in [6, 6.07) is 7.36. The van der Waals surface area contributed by atoms with Crippen molar-refractivity contribution in [1.82, 2.24) is 5.32 Å². The number of benzene rings is 1. The van der Waals surface area contributed by atoms with Gasteiger partial charge < -0.3 is 14.8 Å². The summed E-state index contributed by atoms with van der Waals surface area (Å²) in [7, 11) is 0. The lowest BCUT2D eigenvalue weighted by Crippen LogP contribution is -2.46. The van der Waals surface area contributed by atoms with Crippen LogP contribution >= 0.6 is 22.6 Å². The molecule has 1 saturated carbocycles. The summed E-state index contributed by atoms with van der Waals surface area (Å²) in [5.74, 6) is -0.678. The van der Waals surface area contributed by atoms with Crippen molar-refractivity contribution in [2.75, 3.05) is 0 Å². The molecule has 1 aliphatic heterocycles. The topological polar surface area (TPSA) is 67.9 Å². The first-order valence-electron chi connectivity index (χ1n) is 11.0. The summed E-state index contributed by atoms with van der Waals surface area (Å²) in [6.07, 6.45) is 9.87. The van der Waals surface area contributed by atoms with Crippen LogP contribution < -0.4 is 5.32 Å². The minimum Gasteiger partial charge on any atom is -0.446 e. The van der Waals surface area contributed by atoms with Gasteiger partial charge in [-0.05, 0) is 66.1 Å². The van der Waals surface area contributed by atoms with Crippen molar-refractivity contribution in [3.63, 3.8) is 0 Å². The summed E-state index contributed by atoms with van der Waals surface area (Å²) in [4.78, 5) is 25.6. The van der Waals surface area contributed by atoms with E-state index in [1.807, 2.05) is 12.1 Å². The van der Waals surface area contributed by atoms with Crippen LogP contribution in [0.15, 0.2) is 24.3 Å². The minimum absolute atomic E-state index is 0.0125. The molecule has 2 aliphatic rings. The van der Waals surface area contributed by atoms with Gasteiger partial charge in [-0.25, -0.2) is 4.79 Å². The SMILES string of the molecule is CCCCCC[C@H]1O[C@@H]1C(OC(=O)c1ccc(I)cc1)C(=O)NC1CCCCC1. The van der Waals surface area contributed by atoms with Crippen LogP contribution in [0.2, 0.25) is 0 Å². The fourth-order valence-corrected chi connectivity index (χ4v) is 4.36. The van der Waals surface area contributed by atoms with Gasteiger partial charge in [0.15, 0.2) is 0 Å². The maximum atomic E-state index is 13.0. The normalized spacial score (nSPS) is 22.7. The van der Waals surface area contributed by atoms with Crippen molar-refractivity contribution < 1.29 is 19.1 Å². The van der Waals surface area contributed by atoms with Crippen molar-refractivity contribution in [2.45, 2.75) is 95.5 Å². The number of hydrogen-bond acceptors (Lipinski definition) is 4. The fraction of sp³-hybridized carbons (Fsp3) is 0.652. The highest BCUT2D eigenvalue weighted by Gasteiger charge is 2.50. The first kappa shape index (κ1) is 22.5. The molecular weight excluding hydrogens is 481 g/mol. The molecular formula is C23H32INO4. The van der Waals surface area contributed by atoms with E-state index < -0.39 is 12.1 Å². The highest BCUT2D eigenvalue weighted by atomic mass is 127. The summed E-state index contributed by atoms with van der Waals surface area (Å²) >= 11 is 2.19. The van der Waals surface area contributed by atoms with Crippen LogP contribution in [0, 0.1) is 3.57 Å². The molecule has 1 amide bonds. The number of nitrogens with one attached hydrogen (secondary N) is 1. The van der Waals surface area contributed by atoms with E-state index in [1.165, 1.54) is 25.7 Å². The molecule has 0 aromatic heterocycles. The van der Waals surface area contributed by atoms with Gasteiger partial charge in [-0.15, -0.1) is 0 Å². The first-order valence-corrected chi connectivity index (χ1v) is 12.1. The second kappa shape index (κ2) is 11.3. The molecule has 5 nitrogen and oxygen atoms in total. The molecule has 0 bridgehead atoms. The van der Waals surface area contributed by atoms with Gasteiger partial charge in [-0.1, -0.05) is 51.9 Å². The summed E-state index contributed by atoms with van der Waals surface area (Å²) < 4.78 is 12.5. The predicted octanol–water partition coefficient (Wildman–Crippen LogP) is 5.00. The number of carbonyl (C=O) groups excluding carboxylic acids is 2. The van der Waals surface area contributed by atoms with Gasteiger partial charge >= 0.3 is 5.97 Å². The zero-order chi connectivity index (χ0) is 20.6. The highest BCUT2D eigenvalue weighted by molar-refractivity contribution is 14.1. The third kappa shape index (κ3) is 6.95. The summed E-state index contributed by atoms with van der Waals surface area (Å²) in [6.45, 7) is 2.19. The molecule has 160 valence electrons. The maximum Gasteiger partial charge on any atom is 0.339 e. The summed E-state index contributed by atoms with van der Waals surface area (Å²) in [5.41, 5.74) is 0.459. The Labute approximate surface area is 187 Å². The lowest BCUT2D eigenvalue weighted by Gasteiger charge is -2.25. The number of epoxide rings is 1. The van der Waals surface area contributed by atoms with Gasteiger partial charge in [-0.3, -0.25) is 4.79 Å². The smallest absolute Gasteiger partial charge is 0.339 e. The number of amides is 1. The van der Waals surface area contributed by atoms with E-state index in [-0.39, 0.29) is 24.2 Å². The van der Waals surface area contributed by atoms with Gasteiger partial charge in [0.25, 0.3) is 5.91 Å². The molecule has 0 radical (unpaired) electrons. The number of unbranched alkanes of at least 4 members (excludes halogenated alkanes) is 3. The van der Waals surface area contributed by atoms with Crippen LogP contribution in [-0.4, -0.2) is 36.2 Å². The molecule has 3 atom stereocenters. The standard InChI is InChI=1S/C23H32INO4/c1-2-3-4-8-11-19-20(28-19)21(22(26)25-18-9-6-5-7-10-18)29-23(27)16-12-14-17(24)15-13-16/h12-15,18-21H,2-11H2,1H3,(H,25,26)/t19-,20+,21?/m1/s1. The molecule has 6 heteroatoms. The van der Waals surface area contributed by atoms with E-state index in [2.05, 4.69) is 34.8 Å². The summed E-state index contributed by atoms with van der Waals surface area (Å²) in [5, 5.41) is 3.11. The largest absolute Gasteiger partial charge is 0.446 e. The molecule has 1 heterocycles. The lowest BCUT2D eigenvalue weighted by atomic mass is 9.95. The van der Waals surface area contributed by atoms with Gasteiger partial charge in [0.1, 0.15) is 6.10 Å². The molecule has 1 unspecified atom stereocenters. The number of esters is 1. The van der Waals surface area contributed by atoms with Crippen LogP contribution in [0.5, 0.6) is 0 Å². The van der Waals surface area contributed by atoms with E-state index in [0.29, 0.717) is 5.56 Å². The molecule has 1 aromatic carbocycles. The number of hydrogen-bond donors (Lipinski definition) is 1. The Balaban J connectivity index is 1.60. The zero-order valence-corrected chi connectivity index (χ0v) is 19.4. The monoisotopic (exact) mass is 513 g/mol. The molecule has 2 fully saturated rings. The Kier molecular flexibility index (Phi) is 8.78. The van der Waals surface area contributed by atoms with E-state index >= 15 is 0 Å². The van der Waals surface area contributed by atoms with Gasteiger partial charge in [0, 0.05) is 9.61 Å². The number of rotatable bonds is 10. The molecule has 29 heavy (non-hydrogen) atoms. The van der Waals surface area contributed by atoms with E-state index in [9.17, 15) is 9.59 Å². The Morgan fingerprint density at radius 3 is 2.55 bits per heavy atom. The van der Waals surface area contributed by atoms with Crippen LogP contribution in [0.3, 0.4) is 0 Å². The van der Waals surface area contributed by atoms with Crippen molar-refractivity contribution in [2.24, 2.45) is 0 Å². The van der Waals surface area contributed by atoms with Crippen LogP contribution in [-0.2, 0) is 14.3 Å². The quantitative estimate of drug-likeness (QED) is 0.207. The van der Waals surface area contributed by atoms with Crippen molar-refractivity contribution in [3.05, 3.63) is 33.4 Å². The first-order chi connectivity index (χ1) is 14.1. The highest BCUT2D eigenvalue weighted by Crippen LogP contribution is 2.33. The number of halogens is 1. The molecule has 3 rings (SSSR count). The Morgan fingerprint density at radius 2 is 1.86 bits per heavy atom. The third-order valence-electron chi connectivity index (χ3n) is 5.79. The second-order valence-corrected chi connectivity index (χ2v) is 9.41. The second-order valence-electron chi connectivity index (χ2n) is 8.16. The molecule has 0 spiro atoms. The Hall–Kier alpha value is -1.15. The van der Waals surface area contributed by atoms with Crippen LogP contribution in [0.4, 0.5) is 0 Å². The van der Waals surface area contributed by atoms with Crippen molar-refractivity contribution >= 4 is 34.5 Å². The average molecular weight is 513 g/mol. The Morgan fingerprint density at radius 1 is 1.14 bits per heavy atom. The van der Waals surface area contributed by atoms with Crippen LogP contribution in [0.1, 0.15) is 81.5 Å². The molecule has 1 aromatic rings.